The minimum Gasteiger partial charge on any atom is -0.347 e. The summed E-state index contributed by atoms with van der Waals surface area (Å²) >= 11 is 0. The second-order valence-electron chi connectivity index (χ2n) is 5.43. The van der Waals surface area contributed by atoms with Crippen LogP contribution in [0.1, 0.15) is 21.6 Å². The first-order valence-electron chi connectivity index (χ1n) is 7.69. The number of amides is 1. The van der Waals surface area contributed by atoms with Crippen LogP contribution in [-0.2, 0) is 6.54 Å². The summed E-state index contributed by atoms with van der Waals surface area (Å²) in [5.41, 5.74) is 3.39. The quantitative estimate of drug-likeness (QED) is 0.756. The highest BCUT2D eigenvalue weighted by molar-refractivity contribution is 5.92. The lowest BCUT2D eigenvalue weighted by atomic mass is 10.2. The summed E-state index contributed by atoms with van der Waals surface area (Å²) in [5.74, 6) is 0.168. The second kappa shape index (κ2) is 7.37. The van der Waals surface area contributed by atoms with Gasteiger partial charge in [-0.2, -0.15) is 0 Å². The van der Waals surface area contributed by atoms with E-state index < -0.39 is 0 Å². The summed E-state index contributed by atoms with van der Waals surface area (Å²) in [5, 5.41) is 5.97. The van der Waals surface area contributed by atoms with Crippen molar-refractivity contribution in [1.82, 2.24) is 15.3 Å². The van der Waals surface area contributed by atoms with Gasteiger partial charge in [0.1, 0.15) is 5.69 Å². The van der Waals surface area contributed by atoms with E-state index in [0.717, 1.165) is 16.8 Å². The molecular weight excluding hydrogens is 300 g/mol. The molecule has 2 N–H and O–H groups in total. The number of hydrogen-bond acceptors (Lipinski definition) is 4. The molecule has 2 aromatic carbocycles. The predicted octanol–water partition coefficient (Wildman–Crippen LogP) is 3.46. The molecule has 0 atom stereocenters. The van der Waals surface area contributed by atoms with Crippen LogP contribution in [0.3, 0.4) is 0 Å². The van der Waals surface area contributed by atoms with Crippen molar-refractivity contribution in [3.05, 3.63) is 83.7 Å². The van der Waals surface area contributed by atoms with Crippen LogP contribution in [0.2, 0.25) is 0 Å². The molecule has 1 aromatic heterocycles. The summed E-state index contributed by atoms with van der Waals surface area (Å²) in [4.78, 5) is 20.7. The number of benzene rings is 2. The summed E-state index contributed by atoms with van der Waals surface area (Å²) < 4.78 is 0. The van der Waals surface area contributed by atoms with Gasteiger partial charge in [0.05, 0.1) is 0 Å². The van der Waals surface area contributed by atoms with Gasteiger partial charge < -0.3 is 10.6 Å². The molecule has 0 radical (unpaired) electrons. The molecule has 1 amide bonds. The van der Waals surface area contributed by atoms with Gasteiger partial charge in [0, 0.05) is 18.4 Å². The molecule has 5 nitrogen and oxygen atoms in total. The van der Waals surface area contributed by atoms with Gasteiger partial charge in [-0.05, 0) is 36.2 Å². The van der Waals surface area contributed by atoms with Crippen LogP contribution in [0.4, 0.5) is 11.6 Å². The maximum Gasteiger partial charge on any atom is 0.270 e. The first-order chi connectivity index (χ1) is 11.7. The smallest absolute Gasteiger partial charge is 0.270 e. The number of hydrogen-bond donors (Lipinski definition) is 2. The molecule has 24 heavy (non-hydrogen) atoms. The number of carbonyl (C=O) groups is 1. The SMILES string of the molecule is Cc1cccc(Nc2nccc(C(=O)NCc3ccccc3)n2)c1. The van der Waals surface area contributed by atoms with E-state index in [9.17, 15) is 4.79 Å². The molecule has 3 aromatic rings. The lowest BCUT2D eigenvalue weighted by Gasteiger charge is -2.08. The molecule has 0 unspecified atom stereocenters. The highest BCUT2D eigenvalue weighted by atomic mass is 16.1. The number of rotatable bonds is 5. The van der Waals surface area contributed by atoms with Crippen molar-refractivity contribution in [2.24, 2.45) is 0 Å². The molecule has 0 saturated carbocycles. The van der Waals surface area contributed by atoms with E-state index in [1.807, 2.05) is 61.5 Å². The van der Waals surface area contributed by atoms with E-state index in [2.05, 4.69) is 20.6 Å². The fraction of sp³-hybridized carbons (Fsp3) is 0.105. The second-order valence-corrected chi connectivity index (χ2v) is 5.43. The summed E-state index contributed by atoms with van der Waals surface area (Å²) in [6, 6.07) is 19.2. The maximum atomic E-state index is 12.2. The van der Waals surface area contributed by atoms with Crippen molar-refractivity contribution in [1.29, 1.82) is 0 Å². The number of anilines is 2. The average molecular weight is 318 g/mol. The summed E-state index contributed by atoms with van der Waals surface area (Å²) in [7, 11) is 0. The van der Waals surface area contributed by atoms with Gasteiger partial charge >= 0.3 is 0 Å². The van der Waals surface area contributed by atoms with Gasteiger partial charge in [-0.25, -0.2) is 9.97 Å². The van der Waals surface area contributed by atoms with Crippen molar-refractivity contribution >= 4 is 17.5 Å². The Balaban J connectivity index is 1.67. The molecule has 0 spiro atoms. The third-order valence-electron chi connectivity index (χ3n) is 3.46. The lowest BCUT2D eigenvalue weighted by molar-refractivity contribution is 0.0946. The molecular formula is C19H18N4O. The molecule has 0 saturated heterocycles. The third kappa shape index (κ3) is 4.16. The Morgan fingerprint density at radius 1 is 1.04 bits per heavy atom. The van der Waals surface area contributed by atoms with Crippen molar-refractivity contribution in [3.63, 3.8) is 0 Å². The predicted molar refractivity (Wildman–Crippen MR) is 94.1 cm³/mol. The van der Waals surface area contributed by atoms with Crippen molar-refractivity contribution < 1.29 is 4.79 Å². The first kappa shape index (κ1) is 15.7. The van der Waals surface area contributed by atoms with Gasteiger partial charge in [-0.1, -0.05) is 42.5 Å². The largest absolute Gasteiger partial charge is 0.347 e. The Kier molecular flexibility index (Phi) is 4.81. The van der Waals surface area contributed by atoms with Gasteiger partial charge in [-0.3, -0.25) is 4.79 Å². The number of aromatic nitrogens is 2. The highest BCUT2D eigenvalue weighted by Gasteiger charge is 2.08. The van der Waals surface area contributed by atoms with E-state index in [-0.39, 0.29) is 5.91 Å². The van der Waals surface area contributed by atoms with Crippen LogP contribution in [0.15, 0.2) is 66.9 Å². The van der Waals surface area contributed by atoms with Crippen LogP contribution in [0.25, 0.3) is 0 Å². The standard InChI is InChI=1S/C19H18N4O/c1-14-6-5-9-16(12-14)22-19-20-11-10-17(23-19)18(24)21-13-15-7-3-2-4-8-15/h2-12H,13H2,1H3,(H,21,24)(H,20,22,23). The van der Waals surface area contributed by atoms with Crippen molar-refractivity contribution in [2.45, 2.75) is 13.5 Å². The van der Waals surface area contributed by atoms with Gasteiger partial charge in [0.25, 0.3) is 5.91 Å². The number of nitrogens with one attached hydrogen (secondary N) is 2. The highest BCUT2D eigenvalue weighted by Crippen LogP contribution is 2.14. The van der Waals surface area contributed by atoms with Crippen LogP contribution >= 0.6 is 0 Å². The van der Waals surface area contributed by atoms with E-state index in [1.165, 1.54) is 0 Å². The molecule has 3 rings (SSSR count). The fourth-order valence-electron chi connectivity index (χ4n) is 2.27. The van der Waals surface area contributed by atoms with Crippen LogP contribution in [-0.4, -0.2) is 15.9 Å². The van der Waals surface area contributed by atoms with E-state index >= 15 is 0 Å². The average Bonchev–Trinajstić information content (AvgIpc) is 2.61. The Hall–Kier alpha value is -3.21. The van der Waals surface area contributed by atoms with Crippen LogP contribution < -0.4 is 10.6 Å². The zero-order valence-electron chi connectivity index (χ0n) is 13.4. The zero-order chi connectivity index (χ0) is 16.8. The Morgan fingerprint density at radius 2 is 1.88 bits per heavy atom. The van der Waals surface area contributed by atoms with Crippen molar-refractivity contribution in [2.75, 3.05) is 5.32 Å². The molecule has 0 aliphatic rings. The van der Waals surface area contributed by atoms with Crippen molar-refractivity contribution in [3.8, 4) is 0 Å². The third-order valence-corrected chi connectivity index (χ3v) is 3.46. The molecule has 1 heterocycles. The van der Waals surface area contributed by atoms with E-state index in [1.54, 1.807) is 12.3 Å². The summed E-state index contributed by atoms with van der Waals surface area (Å²) in [6.45, 7) is 2.48. The first-order valence-corrected chi connectivity index (χ1v) is 7.69. The van der Waals surface area contributed by atoms with E-state index in [0.29, 0.717) is 18.2 Å². The summed E-state index contributed by atoms with van der Waals surface area (Å²) in [6.07, 6.45) is 1.57. The molecule has 120 valence electrons. The molecule has 0 bridgehead atoms. The van der Waals surface area contributed by atoms with Crippen LogP contribution in [0.5, 0.6) is 0 Å². The lowest BCUT2D eigenvalue weighted by Crippen LogP contribution is -2.24. The molecule has 0 aliphatic heterocycles. The fourth-order valence-corrected chi connectivity index (χ4v) is 2.27. The van der Waals surface area contributed by atoms with Gasteiger partial charge in [-0.15, -0.1) is 0 Å². The molecule has 5 heteroatoms. The Morgan fingerprint density at radius 3 is 2.67 bits per heavy atom. The minimum absolute atomic E-state index is 0.228. The topological polar surface area (TPSA) is 66.9 Å². The maximum absolute atomic E-state index is 12.2. The van der Waals surface area contributed by atoms with Gasteiger partial charge in [0.2, 0.25) is 5.95 Å². The van der Waals surface area contributed by atoms with Crippen LogP contribution in [0, 0.1) is 6.92 Å². The Labute approximate surface area is 140 Å². The number of carbonyl (C=O) groups excluding carboxylic acids is 1. The monoisotopic (exact) mass is 318 g/mol. The number of aryl methyl sites for hydroxylation is 1. The van der Waals surface area contributed by atoms with E-state index in [4.69, 9.17) is 0 Å². The molecule has 0 aliphatic carbocycles. The minimum atomic E-state index is -0.228. The molecule has 0 fully saturated rings. The Bertz CT molecular complexity index is 834. The number of nitrogens with zero attached hydrogens (tertiary/aromatic N) is 2. The normalized spacial score (nSPS) is 10.2. The zero-order valence-corrected chi connectivity index (χ0v) is 13.4. The van der Waals surface area contributed by atoms with Gasteiger partial charge in [0.15, 0.2) is 0 Å².